The SMILES string of the molecule is Cc1ccc([C@H](N)P(=O)(Oc2ccccc2)Oc2ccccc2)cc1. The molecule has 0 radical (unpaired) electrons. The van der Waals surface area contributed by atoms with Crippen LogP contribution in [0.1, 0.15) is 16.9 Å². The third-order valence-electron chi connectivity index (χ3n) is 3.71. The van der Waals surface area contributed by atoms with Crippen molar-refractivity contribution >= 4 is 7.60 Å². The van der Waals surface area contributed by atoms with Crippen LogP contribution in [0, 0.1) is 6.92 Å². The molecule has 0 fully saturated rings. The van der Waals surface area contributed by atoms with E-state index in [4.69, 9.17) is 14.8 Å². The van der Waals surface area contributed by atoms with Gasteiger partial charge in [-0.1, -0.05) is 66.2 Å². The molecule has 5 heteroatoms. The fourth-order valence-electron chi connectivity index (χ4n) is 2.33. The summed E-state index contributed by atoms with van der Waals surface area (Å²) < 4.78 is 25.1. The van der Waals surface area contributed by atoms with Crippen LogP contribution in [0.2, 0.25) is 0 Å². The van der Waals surface area contributed by atoms with Gasteiger partial charge < -0.3 is 14.8 Å². The Morgan fingerprint density at radius 3 is 1.64 bits per heavy atom. The summed E-state index contributed by atoms with van der Waals surface area (Å²) in [6, 6.07) is 25.4. The van der Waals surface area contributed by atoms with Gasteiger partial charge in [0.15, 0.2) is 5.78 Å². The Morgan fingerprint density at radius 2 is 1.20 bits per heavy atom. The lowest BCUT2D eigenvalue weighted by Crippen LogP contribution is -2.18. The number of hydrogen-bond donors (Lipinski definition) is 1. The molecule has 4 nitrogen and oxygen atoms in total. The van der Waals surface area contributed by atoms with Crippen molar-refractivity contribution in [1.82, 2.24) is 0 Å². The van der Waals surface area contributed by atoms with Gasteiger partial charge in [-0.05, 0) is 36.8 Å². The molecule has 0 unspecified atom stereocenters. The van der Waals surface area contributed by atoms with Crippen molar-refractivity contribution in [3.63, 3.8) is 0 Å². The van der Waals surface area contributed by atoms with E-state index in [-0.39, 0.29) is 0 Å². The van der Waals surface area contributed by atoms with E-state index in [1.165, 1.54) is 0 Å². The number of para-hydroxylation sites is 2. The Hall–Kier alpha value is -2.55. The van der Waals surface area contributed by atoms with Crippen LogP contribution < -0.4 is 14.8 Å². The van der Waals surface area contributed by atoms with Gasteiger partial charge in [0.25, 0.3) is 0 Å². The van der Waals surface area contributed by atoms with Crippen LogP contribution in [0.3, 0.4) is 0 Å². The predicted octanol–water partition coefficient (Wildman–Crippen LogP) is 5.30. The molecule has 0 aliphatic heterocycles. The average Bonchev–Trinajstić information content (AvgIpc) is 2.63. The zero-order valence-corrected chi connectivity index (χ0v) is 14.8. The Bertz CT molecular complexity index is 806. The highest BCUT2D eigenvalue weighted by Crippen LogP contribution is 2.57. The summed E-state index contributed by atoms with van der Waals surface area (Å²) >= 11 is 0. The molecule has 0 aliphatic carbocycles. The Kier molecular flexibility index (Phi) is 5.22. The van der Waals surface area contributed by atoms with Gasteiger partial charge in [0.05, 0.1) is 0 Å². The molecule has 0 aromatic heterocycles. The molecule has 0 heterocycles. The van der Waals surface area contributed by atoms with Gasteiger partial charge in [0, 0.05) is 0 Å². The van der Waals surface area contributed by atoms with Crippen LogP contribution in [0.25, 0.3) is 0 Å². The monoisotopic (exact) mass is 353 g/mol. The highest BCUT2D eigenvalue weighted by atomic mass is 31.2. The largest absolute Gasteiger partial charge is 0.451 e. The van der Waals surface area contributed by atoms with E-state index in [0.717, 1.165) is 5.56 Å². The van der Waals surface area contributed by atoms with Gasteiger partial charge in [-0.25, -0.2) is 4.57 Å². The molecule has 1 atom stereocenters. The average molecular weight is 353 g/mol. The molecule has 0 aliphatic rings. The standard InChI is InChI=1S/C20H20NO3P/c1-16-12-14-17(15-13-16)20(21)25(22,23-18-8-4-2-5-9-18)24-19-10-6-3-7-11-19/h2-15,20H,21H2,1H3/t20-/m1/s1. The summed E-state index contributed by atoms with van der Waals surface area (Å²) in [5.74, 6) is -0.0119. The van der Waals surface area contributed by atoms with Crippen LogP contribution in [-0.4, -0.2) is 0 Å². The lowest BCUT2D eigenvalue weighted by atomic mass is 10.1. The molecular formula is C20H20NO3P. The van der Waals surface area contributed by atoms with Crippen molar-refractivity contribution in [3.8, 4) is 11.5 Å². The summed E-state index contributed by atoms with van der Waals surface area (Å²) in [7, 11) is -3.71. The minimum Gasteiger partial charge on any atom is -0.415 e. The molecule has 0 saturated carbocycles. The summed E-state index contributed by atoms with van der Waals surface area (Å²) in [4.78, 5) is 0. The van der Waals surface area contributed by atoms with E-state index in [2.05, 4.69) is 0 Å². The third-order valence-corrected chi connectivity index (χ3v) is 5.62. The molecule has 25 heavy (non-hydrogen) atoms. The normalized spacial score (nSPS) is 12.4. The fourth-order valence-corrected chi connectivity index (χ4v) is 3.97. The molecule has 0 bridgehead atoms. The van der Waals surface area contributed by atoms with Gasteiger partial charge in [0.2, 0.25) is 0 Å². The number of rotatable bonds is 6. The van der Waals surface area contributed by atoms with Crippen molar-refractivity contribution in [2.24, 2.45) is 5.73 Å². The third kappa shape index (κ3) is 4.30. The van der Waals surface area contributed by atoms with E-state index >= 15 is 0 Å². The highest BCUT2D eigenvalue weighted by Gasteiger charge is 2.38. The van der Waals surface area contributed by atoms with Crippen molar-refractivity contribution in [2.45, 2.75) is 12.7 Å². The summed E-state index contributed by atoms with van der Waals surface area (Å²) in [5, 5.41) is 0. The Balaban J connectivity index is 1.95. The van der Waals surface area contributed by atoms with Crippen LogP contribution in [0.4, 0.5) is 0 Å². The minimum atomic E-state index is -3.71. The van der Waals surface area contributed by atoms with Crippen molar-refractivity contribution in [1.29, 1.82) is 0 Å². The summed E-state index contributed by atoms with van der Waals surface area (Å²) in [6.07, 6.45) is 0. The van der Waals surface area contributed by atoms with E-state index in [9.17, 15) is 4.57 Å². The zero-order chi connectivity index (χ0) is 17.7. The van der Waals surface area contributed by atoms with Gasteiger partial charge in [-0.2, -0.15) is 0 Å². The van der Waals surface area contributed by atoms with Crippen molar-refractivity contribution < 1.29 is 13.6 Å². The maximum Gasteiger partial charge on any atom is 0.451 e. The number of aryl methyl sites for hydroxylation is 1. The number of nitrogens with two attached hydrogens (primary N) is 1. The van der Waals surface area contributed by atoms with Gasteiger partial charge in [0.1, 0.15) is 11.5 Å². The quantitative estimate of drug-likeness (QED) is 0.611. The maximum atomic E-state index is 13.6. The zero-order valence-electron chi connectivity index (χ0n) is 13.9. The van der Waals surface area contributed by atoms with Gasteiger partial charge in [-0.3, -0.25) is 0 Å². The maximum absolute atomic E-state index is 13.6. The van der Waals surface area contributed by atoms with Gasteiger partial charge >= 0.3 is 7.60 Å². The molecule has 128 valence electrons. The first-order chi connectivity index (χ1) is 12.1. The number of benzene rings is 3. The first-order valence-electron chi connectivity index (χ1n) is 7.98. The molecule has 2 N–H and O–H groups in total. The van der Waals surface area contributed by atoms with Crippen LogP contribution in [0.15, 0.2) is 84.9 Å². The summed E-state index contributed by atoms with van der Waals surface area (Å²) in [5.41, 5.74) is 8.10. The Labute approximate surface area is 147 Å². The first kappa shape index (κ1) is 17.3. The first-order valence-corrected chi connectivity index (χ1v) is 9.59. The van der Waals surface area contributed by atoms with Crippen LogP contribution in [-0.2, 0) is 4.57 Å². The molecule has 0 spiro atoms. The van der Waals surface area contributed by atoms with E-state index < -0.39 is 13.4 Å². The fraction of sp³-hybridized carbons (Fsp3) is 0.100. The lowest BCUT2D eigenvalue weighted by Gasteiger charge is -2.25. The minimum absolute atomic E-state index is 0.448. The molecular weight excluding hydrogens is 333 g/mol. The molecule has 3 aromatic carbocycles. The van der Waals surface area contributed by atoms with E-state index in [1.807, 2.05) is 43.3 Å². The predicted molar refractivity (Wildman–Crippen MR) is 99.9 cm³/mol. The molecule has 3 aromatic rings. The van der Waals surface area contributed by atoms with Crippen LogP contribution in [0.5, 0.6) is 11.5 Å². The second-order valence-electron chi connectivity index (χ2n) is 5.70. The number of hydrogen-bond acceptors (Lipinski definition) is 4. The van der Waals surface area contributed by atoms with Crippen LogP contribution >= 0.6 is 7.60 Å². The second-order valence-corrected chi connectivity index (χ2v) is 7.71. The van der Waals surface area contributed by atoms with Crippen molar-refractivity contribution in [2.75, 3.05) is 0 Å². The molecule has 0 amide bonds. The van der Waals surface area contributed by atoms with Crippen molar-refractivity contribution in [3.05, 3.63) is 96.1 Å². The second kappa shape index (κ2) is 7.56. The summed E-state index contributed by atoms with van der Waals surface area (Å²) in [6.45, 7) is 1.98. The van der Waals surface area contributed by atoms with E-state index in [0.29, 0.717) is 17.1 Å². The molecule has 0 saturated heterocycles. The smallest absolute Gasteiger partial charge is 0.415 e. The van der Waals surface area contributed by atoms with Gasteiger partial charge in [-0.15, -0.1) is 0 Å². The lowest BCUT2D eigenvalue weighted by molar-refractivity contribution is 0.373. The highest BCUT2D eigenvalue weighted by molar-refractivity contribution is 7.55. The Morgan fingerprint density at radius 1 is 0.760 bits per heavy atom. The van der Waals surface area contributed by atoms with E-state index in [1.54, 1.807) is 48.5 Å². The topological polar surface area (TPSA) is 61.6 Å². The molecule has 3 rings (SSSR count).